The van der Waals surface area contributed by atoms with E-state index in [2.05, 4.69) is 20.8 Å². The van der Waals surface area contributed by atoms with Crippen molar-refractivity contribution in [3.63, 3.8) is 0 Å². The fraction of sp³-hybridized carbons (Fsp3) is 0.421. The van der Waals surface area contributed by atoms with Crippen LogP contribution in [0.25, 0.3) is 0 Å². The molecule has 1 fully saturated rings. The van der Waals surface area contributed by atoms with E-state index in [1.807, 2.05) is 13.8 Å². The molecular formula is C19H22F2N4O4. The maximum Gasteiger partial charge on any atom is 0.407 e. The summed E-state index contributed by atoms with van der Waals surface area (Å²) in [5, 5.41) is 12.0. The van der Waals surface area contributed by atoms with E-state index < -0.39 is 23.6 Å². The molecule has 3 N–H and O–H groups in total. The molecule has 1 aliphatic rings. The number of aromatic amines is 1. The zero-order chi connectivity index (χ0) is 21.0. The van der Waals surface area contributed by atoms with E-state index in [0.29, 0.717) is 12.1 Å². The molecule has 2 aromatic rings. The minimum absolute atomic E-state index is 0.0248. The summed E-state index contributed by atoms with van der Waals surface area (Å²) >= 11 is 0. The molecular weight excluding hydrogens is 386 g/mol. The molecule has 156 valence electrons. The van der Waals surface area contributed by atoms with Gasteiger partial charge >= 0.3 is 6.09 Å². The first-order chi connectivity index (χ1) is 13.8. The number of rotatable bonds is 6. The van der Waals surface area contributed by atoms with Crippen LogP contribution in [-0.4, -0.2) is 41.0 Å². The van der Waals surface area contributed by atoms with E-state index in [1.54, 1.807) is 6.07 Å². The normalized spacial score (nSPS) is 18.7. The summed E-state index contributed by atoms with van der Waals surface area (Å²) < 4.78 is 37.3. The van der Waals surface area contributed by atoms with Crippen LogP contribution >= 0.6 is 0 Å². The Bertz CT molecular complexity index is 867. The first-order valence-corrected chi connectivity index (χ1v) is 9.17. The van der Waals surface area contributed by atoms with Gasteiger partial charge in [0.05, 0.1) is 18.7 Å². The molecule has 0 radical (unpaired) electrons. The third kappa shape index (κ3) is 5.98. The highest BCUT2D eigenvalue weighted by Crippen LogP contribution is 2.30. The largest absolute Gasteiger partial charge is 0.444 e. The summed E-state index contributed by atoms with van der Waals surface area (Å²) in [5.41, 5.74) is 0.835. The molecule has 0 bridgehead atoms. The van der Waals surface area contributed by atoms with Crippen molar-refractivity contribution in [1.82, 2.24) is 15.5 Å². The molecule has 0 spiro atoms. The molecule has 8 nitrogen and oxygen atoms in total. The predicted molar refractivity (Wildman–Crippen MR) is 99.1 cm³/mol. The molecule has 0 unspecified atom stereocenters. The second-order valence-corrected chi connectivity index (χ2v) is 7.10. The van der Waals surface area contributed by atoms with E-state index in [1.165, 1.54) is 0 Å². The van der Waals surface area contributed by atoms with E-state index in [4.69, 9.17) is 9.47 Å². The Morgan fingerprint density at radius 2 is 2.00 bits per heavy atom. The van der Waals surface area contributed by atoms with Crippen molar-refractivity contribution in [2.45, 2.75) is 44.9 Å². The van der Waals surface area contributed by atoms with Crippen molar-refractivity contribution in [2.75, 3.05) is 11.9 Å². The van der Waals surface area contributed by atoms with Gasteiger partial charge in [-0.3, -0.25) is 9.89 Å². The Hall–Kier alpha value is -3.01. The smallest absolute Gasteiger partial charge is 0.407 e. The van der Waals surface area contributed by atoms with E-state index in [9.17, 15) is 18.4 Å². The lowest BCUT2D eigenvalue weighted by atomic mass is 10.1. The van der Waals surface area contributed by atoms with Crippen LogP contribution in [0.15, 0.2) is 24.3 Å². The lowest BCUT2D eigenvalue weighted by Gasteiger charge is -2.13. The molecule has 2 amide bonds. The maximum absolute atomic E-state index is 13.2. The van der Waals surface area contributed by atoms with E-state index in [-0.39, 0.29) is 42.7 Å². The summed E-state index contributed by atoms with van der Waals surface area (Å²) in [7, 11) is 0. The van der Waals surface area contributed by atoms with Gasteiger partial charge in [0.25, 0.3) is 0 Å². The van der Waals surface area contributed by atoms with Crippen molar-refractivity contribution >= 4 is 17.8 Å². The molecule has 1 saturated heterocycles. The quantitative estimate of drug-likeness (QED) is 0.682. The number of anilines is 1. The summed E-state index contributed by atoms with van der Waals surface area (Å²) in [6, 6.07) is 4.52. The van der Waals surface area contributed by atoms with Crippen molar-refractivity contribution in [2.24, 2.45) is 0 Å². The fourth-order valence-corrected chi connectivity index (χ4v) is 2.97. The molecule has 10 heteroatoms. The third-order valence-electron chi connectivity index (χ3n) is 4.14. The van der Waals surface area contributed by atoms with Gasteiger partial charge in [-0.05, 0) is 31.5 Å². The zero-order valence-electron chi connectivity index (χ0n) is 16.0. The number of hydrogen-bond donors (Lipinski definition) is 3. The summed E-state index contributed by atoms with van der Waals surface area (Å²) in [6.07, 6.45) is -0.993. The first-order valence-electron chi connectivity index (χ1n) is 9.17. The Morgan fingerprint density at radius 1 is 1.28 bits per heavy atom. The SMILES string of the molecule is CC(C)NC(=O)O[C@@H]1CO[C@H](c2cc(NC(=O)Cc3cc(F)cc(F)c3)n[nH]2)C1. The molecule has 1 aromatic heterocycles. The zero-order valence-corrected chi connectivity index (χ0v) is 16.0. The molecule has 0 aliphatic carbocycles. The van der Waals surface area contributed by atoms with Crippen molar-refractivity contribution in [1.29, 1.82) is 0 Å². The van der Waals surface area contributed by atoms with Gasteiger partial charge in [-0.2, -0.15) is 5.10 Å². The number of alkyl carbamates (subject to hydrolysis) is 1. The van der Waals surface area contributed by atoms with Crippen molar-refractivity contribution in [3.05, 3.63) is 47.2 Å². The fourth-order valence-electron chi connectivity index (χ4n) is 2.97. The molecule has 2 atom stereocenters. The number of hydrogen-bond acceptors (Lipinski definition) is 5. The van der Waals surface area contributed by atoms with Gasteiger partial charge < -0.3 is 20.1 Å². The maximum atomic E-state index is 13.2. The number of benzene rings is 1. The Labute approximate surface area is 166 Å². The number of carbonyl (C=O) groups is 2. The van der Waals surface area contributed by atoms with Crippen molar-refractivity contribution < 1.29 is 27.8 Å². The van der Waals surface area contributed by atoms with Crippen molar-refractivity contribution in [3.8, 4) is 0 Å². The third-order valence-corrected chi connectivity index (χ3v) is 4.14. The number of aromatic nitrogens is 2. The van der Waals surface area contributed by atoms with Crippen LogP contribution < -0.4 is 10.6 Å². The summed E-state index contributed by atoms with van der Waals surface area (Å²) in [5.74, 6) is -1.70. The van der Waals surface area contributed by atoms with Crippen LogP contribution in [0.1, 0.15) is 37.6 Å². The average Bonchev–Trinajstić information content (AvgIpc) is 3.22. The van der Waals surface area contributed by atoms with E-state index in [0.717, 1.165) is 18.2 Å². The monoisotopic (exact) mass is 408 g/mol. The molecule has 0 saturated carbocycles. The summed E-state index contributed by atoms with van der Waals surface area (Å²) in [4.78, 5) is 23.8. The van der Waals surface area contributed by atoms with Crippen LogP contribution in [0.5, 0.6) is 0 Å². The minimum atomic E-state index is -0.743. The molecule has 2 heterocycles. The number of halogens is 2. The first kappa shape index (κ1) is 20.7. The highest BCUT2D eigenvalue weighted by Gasteiger charge is 2.31. The summed E-state index contributed by atoms with van der Waals surface area (Å²) in [6.45, 7) is 3.92. The molecule has 3 rings (SSSR count). The van der Waals surface area contributed by atoms with Gasteiger partial charge in [0, 0.05) is 24.6 Å². The lowest BCUT2D eigenvalue weighted by Crippen LogP contribution is -2.33. The minimum Gasteiger partial charge on any atom is -0.444 e. The number of nitrogens with one attached hydrogen (secondary N) is 3. The Kier molecular flexibility index (Phi) is 6.42. The molecule has 1 aliphatic heterocycles. The second-order valence-electron chi connectivity index (χ2n) is 7.10. The standard InChI is InChI=1S/C19H22F2N4O4/c1-10(2)22-19(27)29-14-7-16(28-9-14)15-8-17(25-24-15)23-18(26)5-11-3-12(20)6-13(21)4-11/h3-4,6,8,10,14,16H,5,7,9H2,1-2H3,(H,22,27)(H2,23,24,25,26)/t14-,16-/m0/s1. The number of carbonyl (C=O) groups excluding carboxylic acids is 2. The van der Waals surface area contributed by atoms with Crippen LogP contribution in [0.2, 0.25) is 0 Å². The molecule has 29 heavy (non-hydrogen) atoms. The highest BCUT2D eigenvalue weighted by atomic mass is 19.1. The van der Waals surface area contributed by atoms with Gasteiger partial charge in [0.1, 0.15) is 23.8 Å². The topological polar surface area (TPSA) is 105 Å². The van der Waals surface area contributed by atoms with Gasteiger partial charge in [-0.25, -0.2) is 13.6 Å². The number of H-pyrrole nitrogens is 1. The van der Waals surface area contributed by atoms with Gasteiger partial charge in [0.15, 0.2) is 5.82 Å². The Balaban J connectivity index is 1.51. The molecule has 1 aromatic carbocycles. The number of ether oxygens (including phenoxy) is 2. The van der Waals surface area contributed by atoms with E-state index >= 15 is 0 Å². The second kappa shape index (κ2) is 8.99. The van der Waals surface area contributed by atoms with Crippen LogP contribution in [0.3, 0.4) is 0 Å². The van der Waals surface area contributed by atoms with Gasteiger partial charge in [-0.1, -0.05) is 0 Å². The highest BCUT2D eigenvalue weighted by molar-refractivity contribution is 5.91. The van der Waals surface area contributed by atoms with Gasteiger partial charge in [-0.15, -0.1) is 0 Å². The lowest BCUT2D eigenvalue weighted by molar-refractivity contribution is -0.115. The Morgan fingerprint density at radius 3 is 2.69 bits per heavy atom. The predicted octanol–water partition coefficient (Wildman–Crippen LogP) is 2.83. The van der Waals surface area contributed by atoms with Crippen LogP contribution in [-0.2, 0) is 20.7 Å². The average molecular weight is 408 g/mol. The number of amides is 2. The van der Waals surface area contributed by atoms with Crippen LogP contribution in [0, 0.1) is 11.6 Å². The van der Waals surface area contributed by atoms with Crippen LogP contribution in [0.4, 0.5) is 19.4 Å². The number of nitrogens with zero attached hydrogens (tertiary/aromatic N) is 1. The van der Waals surface area contributed by atoms with Gasteiger partial charge in [0.2, 0.25) is 5.91 Å².